The Bertz CT molecular complexity index is 1010. The second kappa shape index (κ2) is 8.31. The van der Waals surface area contributed by atoms with E-state index in [1.54, 1.807) is 18.2 Å². The Kier molecular flexibility index (Phi) is 5.43. The Labute approximate surface area is 171 Å². The van der Waals surface area contributed by atoms with E-state index in [4.69, 9.17) is 0 Å². The van der Waals surface area contributed by atoms with Crippen LogP contribution in [0.1, 0.15) is 41.7 Å². The fourth-order valence-corrected chi connectivity index (χ4v) is 3.29. The van der Waals surface area contributed by atoms with Gasteiger partial charge in [0.15, 0.2) is 0 Å². The third kappa shape index (κ3) is 4.72. The van der Waals surface area contributed by atoms with Crippen LogP contribution in [0.2, 0.25) is 0 Å². The van der Waals surface area contributed by atoms with Gasteiger partial charge in [-0.1, -0.05) is 60.7 Å². The zero-order chi connectivity index (χ0) is 20.2. The predicted molar refractivity (Wildman–Crippen MR) is 116 cm³/mol. The number of carbonyl (C=O) groups excluding carboxylic acids is 2. The number of rotatable bonds is 6. The highest BCUT2D eigenvalue weighted by molar-refractivity contribution is 5.98. The molecule has 4 rings (SSSR count). The number of hydrogen-bond acceptors (Lipinski definition) is 2. The van der Waals surface area contributed by atoms with Crippen molar-refractivity contribution in [3.05, 3.63) is 90.0 Å². The fourth-order valence-electron chi connectivity index (χ4n) is 3.29. The third-order valence-electron chi connectivity index (χ3n) is 5.21. The van der Waals surface area contributed by atoms with Crippen molar-refractivity contribution in [2.75, 3.05) is 5.32 Å². The van der Waals surface area contributed by atoms with Crippen molar-refractivity contribution in [3.63, 3.8) is 0 Å². The number of hydrogen-bond donors (Lipinski definition) is 2. The van der Waals surface area contributed by atoms with Gasteiger partial charge in [-0.05, 0) is 54.7 Å². The molecule has 146 valence electrons. The van der Waals surface area contributed by atoms with Crippen molar-refractivity contribution in [1.29, 1.82) is 0 Å². The summed E-state index contributed by atoms with van der Waals surface area (Å²) < 4.78 is 0. The molecule has 1 aliphatic carbocycles. The Morgan fingerprint density at radius 2 is 1.55 bits per heavy atom. The average Bonchev–Trinajstić information content (AvgIpc) is 3.60. The van der Waals surface area contributed by atoms with Gasteiger partial charge in [-0.2, -0.15) is 0 Å². The van der Waals surface area contributed by atoms with Crippen molar-refractivity contribution in [3.8, 4) is 11.1 Å². The molecule has 0 aliphatic heterocycles. The van der Waals surface area contributed by atoms with E-state index in [1.807, 2.05) is 43.3 Å². The molecule has 1 saturated carbocycles. The molecule has 0 saturated heterocycles. The van der Waals surface area contributed by atoms with E-state index >= 15 is 0 Å². The van der Waals surface area contributed by atoms with Gasteiger partial charge in [0.1, 0.15) is 0 Å². The molecule has 4 heteroatoms. The Morgan fingerprint density at radius 3 is 2.24 bits per heavy atom. The molecule has 3 aromatic rings. The van der Waals surface area contributed by atoms with Gasteiger partial charge in [0.05, 0.1) is 6.04 Å². The maximum atomic E-state index is 12.7. The third-order valence-corrected chi connectivity index (χ3v) is 5.21. The largest absolute Gasteiger partial charge is 0.346 e. The summed E-state index contributed by atoms with van der Waals surface area (Å²) in [5.74, 6) is 0.00736. The molecule has 29 heavy (non-hydrogen) atoms. The Morgan fingerprint density at radius 1 is 0.862 bits per heavy atom. The minimum absolute atomic E-state index is 0.0365. The lowest BCUT2D eigenvalue weighted by molar-refractivity contribution is -0.117. The summed E-state index contributed by atoms with van der Waals surface area (Å²) in [7, 11) is 0. The zero-order valence-corrected chi connectivity index (χ0v) is 16.4. The highest BCUT2D eigenvalue weighted by Gasteiger charge is 2.29. The van der Waals surface area contributed by atoms with Crippen LogP contribution in [0.3, 0.4) is 0 Å². The summed E-state index contributed by atoms with van der Waals surface area (Å²) in [6, 6.07) is 25.4. The van der Waals surface area contributed by atoms with Gasteiger partial charge in [0.2, 0.25) is 5.91 Å². The molecule has 1 atom stereocenters. The molecule has 0 spiro atoms. The van der Waals surface area contributed by atoms with E-state index < -0.39 is 0 Å². The summed E-state index contributed by atoms with van der Waals surface area (Å²) in [6.45, 7) is 1.97. The molecule has 1 fully saturated rings. The van der Waals surface area contributed by atoms with Gasteiger partial charge in [-0.15, -0.1) is 0 Å². The van der Waals surface area contributed by atoms with Crippen LogP contribution in [0.25, 0.3) is 11.1 Å². The second-order valence-electron chi connectivity index (χ2n) is 7.53. The summed E-state index contributed by atoms with van der Waals surface area (Å²) in [4.78, 5) is 24.6. The molecular weight excluding hydrogens is 360 g/mol. The van der Waals surface area contributed by atoms with E-state index in [-0.39, 0.29) is 23.8 Å². The summed E-state index contributed by atoms with van der Waals surface area (Å²) >= 11 is 0. The first kappa shape index (κ1) is 18.9. The lowest BCUT2D eigenvalue weighted by Crippen LogP contribution is -2.26. The van der Waals surface area contributed by atoms with Crippen LogP contribution in [-0.2, 0) is 4.79 Å². The molecule has 1 unspecified atom stereocenters. The van der Waals surface area contributed by atoms with Gasteiger partial charge in [-0.3, -0.25) is 9.59 Å². The monoisotopic (exact) mass is 384 g/mol. The van der Waals surface area contributed by atoms with Crippen LogP contribution in [0.5, 0.6) is 0 Å². The van der Waals surface area contributed by atoms with Gasteiger partial charge in [0, 0.05) is 17.2 Å². The summed E-state index contributed by atoms with van der Waals surface area (Å²) in [5.41, 5.74) is 4.55. The highest BCUT2D eigenvalue weighted by Crippen LogP contribution is 2.30. The topological polar surface area (TPSA) is 58.2 Å². The van der Waals surface area contributed by atoms with Crippen LogP contribution in [0.4, 0.5) is 5.69 Å². The molecule has 4 nitrogen and oxygen atoms in total. The summed E-state index contributed by atoms with van der Waals surface area (Å²) in [5, 5.41) is 5.92. The van der Waals surface area contributed by atoms with Crippen molar-refractivity contribution >= 4 is 17.5 Å². The molecule has 0 bridgehead atoms. The lowest BCUT2D eigenvalue weighted by atomic mass is 10.0. The predicted octanol–water partition coefficient (Wildman–Crippen LogP) is 5.19. The SMILES string of the molecule is CC(NC(=O)c1cccc(NC(=O)C2CC2)c1)c1ccc(-c2ccccc2)cc1. The second-order valence-corrected chi connectivity index (χ2v) is 7.53. The standard InChI is InChI=1S/C25H24N2O2/c1-17(18-10-12-20(13-11-18)19-6-3-2-4-7-19)26-25(29)22-8-5-9-23(16-22)27-24(28)21-14-15-21/h2-13,16-17,21H,14-15H2,1H3,(H,26,29)(H,27,28). The smallest absolute Gasteiger partial charge is 0.251 e. The molecule has 0 heterocycles. The number of nitrogens with one attached hydrogen (secondary N) is 2. The molecule has 2 amide bonds. The normalized spacial score (nSPS) is 14.1. The van der Waals surface area contributed by atoms with Crippen LogP contribution in [0.15, 0.2) is 78.9 Å². The minimum Gasteiger partial charge on any atom is -0.346 e. The maximum Gasteiger partial charge on any atom is 0.251 e. The highest BCUT2D eigenvalue weighted by atomic mass is 16.2. The van der Waals surface area contributed by atoms with Crippen LogP contribution in [0, 0.1) is 5.92 Å². The van der Waals surface area contributed by atoms with E-state index in [1.165, 1.54) is 5.56 Å². The Hall–Kier alpha value is -3.40. The van der Waals surface area contributed by atoms with Crippen molar-refractivity contribution < 1.29 is 9.59 Å². The van der Waals surface area contributed by atoms with Crippen LogP contribution < -0.4 is 10.6 Å². The molecular formula is C25H24N2O2. The molecule has 1 aliphatic rings. The minimum atomic E-state index is -0.160. The maximum absolute atomic E-state index is 12.7. The quantitative estimate of drug-likeness (QED) is 0.614. The first-order valence-corrected chi connectivity index (χ1v) is 9.97. The van der Waals surface area contributed by atoms with Crippen LogP contribution in [-0.4, -0.2) is 11.8 Å². The number of anilines is 1. The number of carbonyl (C=O) groups is 2. The Balaban J connectivity index is 1.40. The zero-order valence-electron chi connectivity index (χ0n) is 16.4. The molecule has 3 aromatic carbocycles. The fraction of sp³-hybridized carbons (Fsp3) is 0.200. The van der Waals surface area contributed by atoms with Gasteiger partial charge >= 0.3 is 0 Å². The van der Waals surface area contributed by atoms with Gasteiger partial charge < -0.3 is 10.6 Å². The molecule has 0 radical (unpaired) electrons. The van der Waals surface area contributed by atoms with E-state index in [0.29, 0.717) is 11.3 Å². The van der Waals surface area contributed by atoms with E-state index in [9.17, 15) is 9.59 Å². The number of benzene rings is 3. The first-order valence-electron chi connectivity index (χ1n) is 9.97. The van der Waals surface area contributed by atoms with Crippen molar-refractivity contribution in [2.45, 2.75) is 25.8 Å². The average molecular weight is 384 g/mol. The van der Waals surface area contributed by atoms with E-state index in [0.717, 1.165) is 24.0 Å². The summed E-state index contributed by atoms with van der Waals surface area (Å²) in [6.07, 6.45) is 1.90. The van der Waals surface area contributed by atoms with Gasteiger partial charge in [0.25, 0.3) is 5.91 Å². The molecule has 2 N–H and O–H groups in total. The molecule has 0 aromatic heterocycles. The van der Waals surface area contributed by atoms with Gasteiger partial charge in [-0.25, -0.2) is 0 Å². The first-order chi connectivity index (χ1) is 14.1. The lowest BCUT2D eigenvalue weighted by Gasteiger charge is -2.15. The van der Waals surface area contributed by atoms with Crippen molar-refractivity contribution in [1.82, 2.24) is 5.32 Å². The number of amides is 2. The van der Waals surface area contributed by atoms with Crippen LogP contribution >= 0.6 is 0 Å². The van der Waals surface area contributed by atoms with E-state index in [2.05, 4.69) is 34.9 Å². The van der Waals surface area contributed by atoms with Crippen molar-refractivity contribution in [2.24, 2.45) is 5.92 Å².